The summed E-state index contributed by atoms with van der Waals surface area (Å²) in [7, 11) is -3.10. The monoisotopic (exact) mass is 414 g/mol. The highest BCUT2D eigenvalue weighted by molar-refractivity contribution is 7.89. The van der Waals surface area contributed by atoms with Crippen LogP contribution in [-0.2, 0) is 22.0 Å². The van der Waals surface area contributed by atoms with Crippen molar-refractivity contribution in [1.29, 1.82) is 0 Å². The molecule has 2 heterocycles. The fourth-order valence-electron chi connectivity index (χ4n) is 3.03. The molecule has 0 saturated heterocycles. The highest BCUT2D eigenvalue weighted by Gasteiger charge is 2.15. The van der Waals surface area contributed by atoms with E-state index < -0.39 is 9.84 Å². The van der Waals surface area contributed by atoms with Gasteiger partial charge in [-0.05, 0) is 41.5 Å². The average Bonchev–Trinajstić information content (AvgIpc) is 3.29. The van der Waals surface area contributed by atoms with E-state index in [1.54, 1.807) is 24.3 Å². The first-order valence-electron chi connectivity index (χ1n) is 8.67. The molecule has 1 aromatic heterocycles. The molecule has 1 aliphatic rings. The number of fused-ring (bicyclic) bond motifs is 1. The van der Waals surface area contributed by atoms with Crippen molar-refractivity contribution in [3.63, 3.8) is 0 Å². The lowest BCUT2D eigenvalue weighted by Gasteiger charge is -2.04. The van der Waals surface area contributed by atoms with Crippen molar-refractivity contribution >= 4 is 32.2 Å². The summed E-state index contributed by atoms with van der Waals surface area (Å²) in [5.74, 6) is 0.595. The van der Waals surface area contributed by atoms with Crippen LogP contribution in [0.3, 0.4) is 0 Å². The van der Waals surface area contributed by atoms with Gasteiger partial charge in [-0.1, -0.05) is 12.1 Å². The van der Waals surface area contributed by atoms with Crippen molar-refractivity contribution in [2.75, 3.05) is 18.2 Å². The summed E-state index contributed by atoms with van der Waals surface area (Å²) in [5, 5.41) is 5.21. The van der Waals surface area contributed by atoms with Gasteiger partial charge in [0.05, 0.1) is 18.1 Å². The fourth-order valence-corrected chi connectivity index (χ4v) is 4.55. The molecule has 0 unspecified atom stereocenters. The molecular weight excluding hydrogens is 396 g/mol. The van der Waals surface area contributed by atoms with E-state index in [4.69, 9.17) is 4.74 Å². The molecule has 6 nitrogen and oxygen atoms in total. The van der Waals surface area contributed by atoms with Gasteiger partial charge in [-0.15, -0.1) is 11.3 Å². The van der Waals surface area contributed by atoms with Gasteiger partial charge in [-0.3, -0.25) is 10.1 Å². The van der Waals surface area contributed by atoms with E-state index in [9.17, 15) is 13.2 Å². The van der Waals surface area contributed by atoms with Gasteiger partial charge < -0.3 is 4.74 Å². The highest BCUT2D eigenvalue weighted by atomic mass is 32.2. The third kappa shape index (κ3) is 4.23. The number of nitrogens with zero attached hydrogens (tertiary/aromatic N) is 1. The summed E-state index contributed by atoms with van der Waals surface area (Å²) in [5.41, 5.74) is 4.06. The molecule has 8 heteroatoms. The molecular formula is C20H18N2O4S2. The van der Waals surface area contributed by atoms with Crippen LogP contribution in [0.4, 0.5) is 5.13 Å². The van der Waals surface area contributed by atoms with Crippen LogP contribution < -0.4 is 10.1 Å². The molecule has 1 N–H and O–H groups in total. The minimum absolute atomic E-state index is 0.0451. The molecule has 0 atom stereocenters. The number of thiazole rings is 1. The number of carbonyl (C=O) groups is 1. The lowest BCUT2D eigenvalue weighted by atomic mass is 10.1. The Balaban J connectivity index is 1.45. The number of carbonyl (C=O) groups excluding carboxylic acids is 1. The van der Waals surface area contributed by atoms with Crippen molar-refractivity contribution in [3.05, 3.63) is 64.5 Å². The molecule has 0 saturated carbocycles. The van der Waals surface area contributed by atoms with Gasteiger partial charge in [0.25, 0.3) is 5.91 Å². The summed E-state index contributed by atoms with van der Waals surface area (Å²) >= 11 is 1.36. The smallest absolute Gasteiger partial charge is 0.257 e. The number of amides is 1. The van der Waals surface area contributed by atoms with E-state index >= 15 is 0 Å². The molecule has 4 rings (SSSR count). The predicted octanol–water partition coefficient (Wildman–Crippen LogP) is 3.54. The normalized spacial score (nSPS) is 13.0. The molecule has 0 spiro atoms. The Morgan fingerprint density at radius 1 is 1.21 bits per heavy atom. The molecule has 0 bridgehead atoms. The Morgan fingerprint density at radius 3 is 2.75 bits per heavy atom. The van der Waals surface area contributed by atoms with E-state index in [2.05, 4.69) is 16.4 Å². The molecule has 0 aliphatic carbocycles. The first-order valence-corrected chi connectivity index (χ1v) is 11.6. The molecule has 2 aromatic carbocycles. The molecule has 3 aromatic rings. The molecule has 1 amide bonds. The van der Waals surface area contributed by atoms with Gasteiger partial charge in [-0.2, -0.15) is 0 Å². The third-order valence-corrected chi connectivity index (χ3v) is 5.97. The Morgan fingerprint density at radius 2 is 2.00 bits per heavy atom. The van der Waals surface area contributed by atoms with E-state index in [1.165, 1.54) is 23.2 Å². The molecule has 0 fully saturated rings. The largest absolute Gasteiger partial charge is 0.493 e. The van der Waals surface area contributed by atoms with Gasteiger partial charge >= 0.3 is 0 Å². The number of aromatic nitrogens is 1. The molecule has 0 radical (unpaired) electrons. The summed E-state index contributed by atoms with van der Waals surface area (Å²) in [4.78, 5) is 16.9. The second-order valence-corrected chi connectivity index (χ2v) is 9.68. The number of benzene rings is 2. The van der Waals surface area contributed by atoms with Gasteiger partial charge in [0.15, 0.2) is 15.0 Å². The van der Waals surface area contributed by atoms with Crippen molar-refractivity contribution in [2.24, 2.45) is 0 Å². The van der Waals surface area contributed by atoms with Crippen LogP contribution in [0.1, 0.15) is 21.5 Å². The molecule has 28 heavy (non-hydrogen) atoms. The van der Waals surface area contributed by atoms with Crippen LogP contribution in [-0.4, -0.2) is 32.2 Å². The van der Waals surface area contributed by atoms with Gasteiger partial charge in [0, 0.05) is 29.2 Å². The van der Waals surface area contributed by atoms with Crippen LogP contribution in [0.25, 0.3) is 11.3 Å². The Hall–Kier alpha value is -2.71. The van der Waals surface area contributed by atoms with Crippen LogP contribution in [0, 0.1) is 0 Å². The fraction of sp³-hybridized carbons (Fsp3) is 0.200. The lowest BCUT2D eigenvalue weighted by Crippen LogP contribution is -2.11. The summed E-state index contributed by atoms with van der Waals surface area (Å²) in [6, 6.07) is 12.5. The van der Waals surface area contributed by atoms with Crippen LogP contribution in [0.15, 0.2) is 47.8 Å². The van der Waals surface area contributed by atoms with E-state index in [0.717, 1.165) is 23.4 Å². The minimum atomic E-state index is -3.10. The quantitative estimate of drug-likeness (QED) is 0.690. The standard InChI is InChI=1S/C20H18N2O4S2/c1-28(24,25)12-13-2-4-14(5-3-13)19(23)22-20-21-17(11-27-20)15-6-7-18-16(10-15)8-9-26-18/h2-7,10-11H,8-9,12H2,1H3,(H,21,22,23). The first-order chi connectivity index (χ1) is 13.4. The lowest BCUT2D eigenvalue weighted by molar-refractivity contribution is 0.102. The first kappa shape index (κ1) is 18.6. The highest BCUT2D eigenvalue weighted by Crippen LogP contribution is 2.32. The minimum Gasteiger partial charge on any atom is -0.493 e. The predicted molar refractivity (Wildman–Crippen MR) is 110 cm³/mol. The summed E-state index contributed by atoms with van der Waals surface area (Å²) in [6.07, 6.45) is 2.08. The molecule has 1 aliphatic heterocycles. The van der Waals surface area contributed by atoms with Crippen molar-refractivity contribution < 1.29 is 17.9 Å². The Kier molecular flexibility index (Phi) is 4.91. The van der Waals surface area contributed by atoms with E-state index in [0.29, 0.717) is 22.9 Å². The maximum atomic E-state index is 12.4. The molecule has 144 valence electrons. The zero-order valence-electron chi connectivity index (χ0n) is 15.1. The number of anilines is 1. The summed E-state index contributed by atoms with van der Waals surface area (Å²) in [6.45, 7) is 0.708. The van der Waals surface area contributed by atoms with Crippen LogP contribution >= 0.6 is 11.3 Å². The van der Waals surface area contributed by atoms with Gasteiger partial charge in [0.1, 0.15) is 5.75 Å². The van der Waals surface area contributed by atoms with Crippen molar-refractivity contribution in [3.8, 4) is 17.0 Å². The number of hydrogen-bond donors (Lipinski definition) is 1. The maximum absolute atomic E-state index is 12.4. The van der Waals surface area contributed by atoms with Gasteiger partial charge in [0.2, 0.25) is 0 Å². The van der Waals surface area contributed by atoms with E-state index in [1.807, 2.05) is 17.5 Å². The number of hydrogen-bond acceptors (Lipinski definition) is 6. The second-order valence-electron chi connectivity index (χ2n) is 6.68. The topological polar surface area (TPSA) is 85.4 Å². The zero-order chi connectivity index (χ0) is 19.7. The Labute approximate surface area is 167 Å². The van der Waals surface area contributed by atoms with Crippen LogP contribution in [0.5, 0.6) is 5.75 Å². The number of rotatable bonds is 5. The average molecular weight is 415 g/mol. The second kappa shape index (κ2) is 7.37. The Bertz CT molecular complexity index is 1140. The van der Waals surface area contributed by atoms with E-state index in [-0.39, 0.29) is 11.7 Å². The SMILES string of the molecule is CS(=O)(=O)Cc1ccc(C(=O)Nc2nc(-c3ccc4c(c3)CCO4)cs2)cc1. The summed E-state index contributed by atoms with van der Waals surface area (Å²) < 4.78 is 28.2. The van der Waals surface area contributed by atoms with Crippen LogP contribution in [0.2, 0.25) is 0 Å². The zero-order valence-corrected chi connectivity index (χ0v) is 16.8. The number of ether oxygens (including phenoxy) is 1. The van der Waals surface area contributed by atoms with Gasteiger partial charge in [-0.25, -0.2) is 13.4 Å². The van der Waals surface area contributed by atoms with Crippen molar-refractivity contribution in [1.82, 2.24) is 4.98 Å². The maximum Gasteiger partial charge on any atom is 0.257 e. The number of nitrogens with one attached hydrogen (secondary N) is 1. The number of sulfone groups is 1. The van der Waals surface area contributed by atoms with Crippen molar-refractivity contribution in [2.45, 2.75) is 12.2 Å². The third-order valence-electron chi connectivity index (χ3n) is 4.35.